The molecule has 0 radical (unpaired) electrons. The number of hydrogen-bond donors (Lipinski definition) is 1. The molecule has 2 aromatic carbocycles. The summed E-state index contributed by atoms with van der Waals surface area (Å²) in [5.74, 6) is -0.963. The Bertz CT molecular complexity index is 1280. The monoisotopic (exact) mass is 393 g/mol. The molecule has 8 heteroatoms. The van der Waals surface area contributed by atoms with E-state index >= 15 is 0 Å². The van der Waals surface area contributed by atoms with Crippen LogP contribution in [0.15, 0.2) is 65.7 Å². The van der Waals surface area contributed by atoms with Crippen molar-refractivity contribution in [1.82, 2.24) is 14.0 Å². The summed E-state index contributed by atoms with van der Waals surface area (Å²) in [4.78, 5) is 27.8. The second-order valence-corrected chi connectivity index (χ2v) is 6.46. The van der Waals surface area contributed by atoms with Crippen LogP contribution >= 0.6 is 0 Å². The minimum atomic E-state index is -1.02. The highest BCUT2D eigenvalue weighted by molar-refractivity contribution is 5.87. The maximum absolute atomic E-state index is 14.3. The molecule has 29 heavy (non-hydrogen) atoms. The molecule has 1 N–H and O–H groups in total. The third-order valence-corrected chi connectivity index (χ3v) is 4.48. The largest absolute Gasteiger partial charge is 0.487 e. The summed E-state index contributed by atoms with van der Waals surface area (Å²) in [5.41, 5.74) is 1.48. The van der Waals surface area contributed by atoms with E-state index in [1.54, 1.807) is 49.8 Å². The molecule has 0 unspecified atom stereocenters. The Morgan fingerprint density at radius 2 is 1.83 bits per heavy atom. The van der Waals surface area contributed by atoms with Crippen molar-refractivity contribution >= 4 is 11.6 Å². The molecular weight excluding hydrogens is 377 g/mol. The van der Waals surface area contributed by atoms with Crippen molar-refractivity contribution in [3.05, 3.63) is 88.5 Å². The number of benzene rings is 2. The maximum Gasteiger partial charge on any atom is 0.335 e. The Hall–Kier alpha value is -3.94. The number of carbonyl (C=O) groups is 1. The molecule has 2 aromatic heterocycles. The number of aromatic nitrogens is 3. The van der Waals surface area contributed by atoms with Crippen molar-refractivity contribution in [2.75, 3.05) is 0 Å². The van der Waals surface area contributed by atoms with Gasteiger partial charge in [-0.3, -0.25) is 4.40 Å². The van der Waals surface area contributed by atoms with Gasteiger partial charge in [-0.25, -0.2) is 19.0 Å². The number of fused-ring (bicyclic) bond motifs is 1. The standard InChI is InChI=1S/C21H16FN3O4/c1-24-11-17(16-4-2-3-5-18(16)22)19-23-14(10-25(19)21(24)28)12-29-15-8-6-13(7-9-15)20(26)27/h2-11H,12H2,1H3,(H,26,27). The lowest BCUT2D eigenvalue weighted by Gasteiger charge is -2.07. The summed E-state index contributed by atoms with van der Waals surface area (Å²) in [7, 11) is 1.59. The fraction of sp³-hybridized carbons (Fsp3) is 0.0952. The van der Waals surface area contributed by atoms with Gasteiger partial charge in [0.25, 0.3) is 0 Å². The average molecular weight is 393 g/mol. The number of carboxylic acids is 1. The number of halogens is 1. The SMILES string of the molecule is Cn1cc(-c2ccccc2F)c2nc(COc3ccc(C(=O)O)cc3)cn2c1=O. The van der Waals surface area contributed by atoms with E-state index in [1.165, 1.54) is 27.2 Å². The smallest absolute Gasteiger partial charge is 0.335 e. The minimum absolute atomic E-state index is 0.0635. The van der Waals surface area contributed by atoms with Gasteiger partial charge in [0, 0.05) is 30.6 Å². The van der Waals surface area contributed by atoms with E-state index in [4.69, 9.17) is 9.84 Å². The Kier molecular flexibility index (Phi) is 4.59. The number of nitrogens with zero attached hydrogens (tertiary/aromatic N) is 3. The molecule has 4 aromatic rings. The lowest BCUT2D eigenvalue weighted by atomic mass is 10.1. The normalized spacial score (nSPS) is 11.0. The number of aryl methyl sites for hydroxylation is 1. The van der Waals surface area contributed by atoms with Crippen LogP contribution in [-0.2, 0) is 13.7 Å². The van der Waals surface area contributed by atoms with Gasteiger partial charge in [0.05, 0.1) is 11.3 Å². The fourth-order valence-corrected chi connectivity index (χ4v) is 3.03. The molecule has 4 rings (SSSR count). The molecule has 0 saturated heterocycles. The van der Waals surface area contributed by atoms with Crippen LogP contribution in [0.4, 0.5) is 4.39 Å². The van der Waals surface area contributed by atoms with Crippen molar-refractivity contribution in [1.29, 1.82) is 0 Å². The summed E-state index contributed by atoms with van der Waals surface area (Å²) >= 11 is 0. The topological polar surface area (TPSA) is 85.8 Å². The molecule has 0 saturated carbocycles. The molecule has 2 heterocycles. The third kappa shape index (κ3) is 3.47. The minimum Gasteiger partial charge on any atom is -0.487 e. The van der Waals surface area contributed by atoms with Crippen LogP contribution in [0.1, 0.15) is 16.1 Å². The molecule has 0 atom stereocenters. The summed E-state index contributed by atoms with van der Waals surface area (Å²) in [6, 6.07) is 12.3. The molecule has 0 amide bonds. The molecule has 0 aliphatic carbocycles. The van der Waals surface area contributed by atoms with E-state index < -0.39 is 11.8 Å². The number of hydrogen-bond acceptors (Lipinski definition) is 4. The second kappa shape index (κ2) is 7.23. The molecule has 0 spiro atoms. The van der Waals surface area contributed by atoms with E-state index in [-0.39, 0.29) is 17.9 Å². The first-order chi connectivity index (χ1) is 13.9. The predicted octanol–water partition coefficient (Wildman–Crippen LogP) is 3.12. The second-order valence-electron chi connectivity index (χ2n) is 6.46. The Balaban J connectivity index is 1.69. The van der Waals surface area contributed by atoms with Crippen LogP contribution in [0.5, 0.6) is 5.75 Å². The molecule has 0 aliphatic heterocycles. The highest BCUT2D eigenvalue weighted by Crippen LogP contribution is 2.26. The highest BCUT2D eigenvalue weighted by Gasteiger charge is 2.15. The van der Waals surface area contributed by atoms with Crippen LogP contribution in [0, 0.1) is 5.82 Å². The first-order valence-electron chi connectivity index (χ1n) is 8.72. The molecule has 0 bridgehead atoms. The number of carboxylic acid groups (broad SMARTS) is 1. The van der Waals surface area contributed by atoms with E-state index in [0.717, 1.165) is 0 Å². The van der Waals surface area contributed by atoms with Crippen LogP contribution in [0.25, 0.3) is 16.8 Å². The first-order valence-corrected chi connectivity index (χ1v) is 8.72. The van der Waals surface area contributed by atoms with Gasteiger partial charge in [0.1, 0.15) is 18.2 Å². The maximum atomic E-state index is 14.3. The Morgan fingerprint density at radius 1 is 1.10 bits per heavy atom. The van der Waals surface area contributed by atoms with Crippen LogP contribution in [0.3, 0.4) is 0 Å². The molecule has 0 aliphatic rings. The lowest BCUT2D eigenvalue weighted by Crippen LogP contribution is -2.23. The molecule has 7 nitrogen and oxygen atoms in total. The van der Waals surface area contributed by atoms with Crippen LogP contribution in [0.2, 0.25) is 0 Å². The zero-order chi connectivity index (χ0) is 20.5. The number of rotatable bonds is 5. The van der Waals surface area contributed by atoms with Crippen molar-refractivity contribution < 1.29 is 19.0 Å². The van der Waals surface area contributed by atoms with E-state index in [0.29, 0.717) is 28.2 Å². The van der Waals surface area contributed by atoms with Gasteiger partial charge in [-0.1, -0.05) is 18.2 Å². The van der Waals surface area contributed by atoms with Gasteiger partial charge in [-0.15, -0.1) is 0 Å². The van der Waals surface area contributed by atoms with E-state index in [1.807, 2.05) is 0 Å². The Labute approximate surface area is 164 Å². The van der Waals surface area contributed by atoms with E-state index in [9.17, 15) is 14.0 Å². The average Bonchev–Trinajstić information content (AvgIpc) is 3.15. The van der Waals surface area contributed by atoms with Crippen LogP contribution < -0.4 is 10.4 Å². The number of imidazole rings is 1. The Morgan fingerprint density at radius 3 is 2.52 bits per heavy atom. The fourth-order valence-electron chi connectivity index (χ4n) is 3.03. The number of aromatic carboxylic acids is 1. The summed E-state index contributed by atoms with van der Waals surface area (Å²) in [6.45, 7) is 0.0635. The zero-order valence-corrected chi connectivity index (χ0v) is 15.4. The van der Waals surface area contributed by atoms with Gasteiger partial charge in [-0.2, -0.15) is 0 Å². The van der Waals surface area contributed by atoms with Gasteiger partial charge >= 0.3 is 11.7 Å². The zero-order valence-electron chi connectivity index (χ0n) is 15.4. The lowest BCUT2D eigenvalue weighted by molar-refractivity contribution is 0.0697. The molecule has 146 valence electrons. The van der Waals surface area contributed by atoms with E-state index in [2.05, 4.69) is 4.98 Å². The summed E-state index contributed by atoms with van der Waals surface area (Å²) in [6.07, 6.45) is 3.10. The van der Waals surface area contributed by atoms with Gasteiger partial charge in [0.2, 0.25) is 0 Å². The first kappa shape index (κ1) is 18.4. The van der Waals surface area contributed by atoms with Crippen LogP contribution in [-0.4, -0.2) is 25.0 Å². The van der Waals surface area contributed by atoms with Crippen molar-refractivity contribution in [3.63, 3.8) is 0 Å². The van der Waals surface area contributed by atoms with Gasteiger partial charge < -0.3 is 14.4 Å². The summed E-state index contributed by atoms with van der Waals surface area (Å²) < 4.78 is 22.7. The molecular formula is C21H16FN3O4. The molecule has 0 fully saturated rings. The number of ether oxygens (including phenoxy) is 1. The quantitative estimate of drug-likeness (QED) is 0.563. The summed E-state index contributed by atoms with van der Waals surface area (Å²) in [5, 5.41) is 8.94. The third-order valence-electron chi connectivity index (χ3n) is 4.48. The van der Waals surface area contributed by atoms with Crippen molar-refractivity contribution in [2.24, 2.45) is 7.05 Å². The van der Waals surface area contributed by atoms with Gasteiger partial charge in [-0.05, 0) is 30.3 Å². The van der Waals surface area contributed by atoms with Crippen molar-refractivity contribution in [3.8, 4) is 16.9 Å². The predicted molar refractivity (Wildman–Crippen MR) is 104 cm³/mol. The highest BCUT2D eigenvalue weighted by atomic mass is 19.1. The van der Waals surface area contributed by atoms with Crippen molar-refractivity contribution in [2.45, 2.75) is 6.61 Å². The van der Waals surface area contributed by atoms with Gasteiger partial charge in [0.15, 0.2) is 5.65 Å².